The molecule has 15 heteroatoms. The Morgan fingerprint density at radius 3 is 2.54 bits per heavy atom. The fraction of sp³-hybridized carbons (Fsp3) is 0.634. The highest BCUT2D eigenvalue weighted by Crippen LogP contribution is 2.57. The molecule has 0 unspecified atom stereocenters. The zero-order chi connectivity index (χ0) is 39.2. The minimum absolute atomic E-state index is 0.00989. The van der Waals surface area contributed by atoms with Crippen molar-refractivity contribution in [1.29, 1.82) is 0 Å². The molecular weight excluding hydrogens is 739 g/mol. The molecule has 4 aliphatic carbocycles. The maximum Gasteiger partial charge on any atom is 0.453 e. The standard InChI is InChI=1S/C41H51N5O9S/c1-2-28-23-41(28,38(50)43-56(52,53)30-17-18-30)24-33(47)32-21-29-25-46(32)37(49)31(26-11-5-6-12-26)22-36(48)55-34-15-10-14-27(34)13-4-3-8-20-45-39(54-29)42-35-16-7-9-19-44(35)40(45)51/h2-3,7-9,16,19,26-32,34H,1,4-6,10-15,17-18,20-25H2/p+1/b8-3+/t27-,28-,29-,31+,32+,34-,41-/m1/s1. The summed E-state index contributed by atoms with van der Waals surface area (Å²) >= 11 is 0. The van der Waals surface area contributed by atoms with E-state index in [1.165, 1.54) is 13.9 Å². The normalized spacial score (nSPS) is 32.0. The molecule has 2 aromatic rings. The van der Waals surface area contributed by atoms with E-state index >= 15 is 0 Å². The number of ether oxygens (including phenoxy) is 2. The van der Waals surface area contributed by atoms with Crippen LogP contribution in [0, 0.1) is 29.1 Å². The third-order valence-corrected chi connectivity index (χ3v) is 15.0. The minimum Gasteiger partial charge on any atom is -0.462 e. The Labute approximate surface area is 326 Å². The second-order valence-corrected chi connectivity index (χ2v) is 18.8. The first kappa shape index (κ1) is 38.5. The fourth-order valence-corrected chi connectivity index (χ4v) is 11.1. The van der Waals surface area contributed by atoms with Crippen LogP contribution in [0.25, 0.3) is 5.65 Å². The van der Waals surface area contributed by atoms with Gasteiger partial charge < -0.3 is 14.4 Å². The van der Waals surface area contributed by atoms with Gasteiger partial charge in [0.25, 0.3) is 5.65 Å². The van der Waals surface area contributed by atoms with Crippen LogP contribution in [-0.4, -0.2) is 76.3 Å². The average molecular weight is 791 g/mol. The molecule has 7 atom stereocenters. The van der Waals surface area contributed by atoms with E-state index in [2.05, 4.69) is 11.3 Å². The van der Waals surface area contributed by atoms with Crippen molar-refractivity contribution in [2.24, 2.45) is 29.1 Å². The molecule has 1 N–H and O–H groups in total. The Balaban J connectivity index is 1.14. The molecule has 0 aromatic carbocycles. The second kappa shape index (κ2) is 15.5. The smallest absolute Gasteiger partial charge is 0.453 e. The molecule has 2 amide bonds. The third kappa shape index (κ3) is 7.67. The van der Waals surface area contributed by atoms with Gasteiger partial charge in [0.1, 0.15) is 12.2 Å². The van der Waals surface area contributed by atoms with Gasteiger partial charge in [-0.25, -0.2) is 13.2 Å². The molecule has 4 saturated carbocycles. The van der Waals surface area contributed by atoms with Crippen molar-refractivity contribution < 1.29 is 41.6 Å². The van der Waals surface area contributed by atoms with E-state index in [1.54, 1.807) is 30.5 Å². The van der Waals surface area contributed by atoms with Gasteiger partial charge in [0, 0.05) is 18.9 Å². The van der Waals surface area contributed by atoms with Crippen LogP contribution in [0.4, 0.5) is 0 Å². The lowest BCUT2D eigenvalue weighted by molar-refractivity contribution is -0.713. The number of fused-ring (bicyclic) bond motifs is 5. The molecule has 2 aliphatic heterocycles. The SMILES string of the molecule is C=C[C@@H]1C[C@]1(CC(=O)[C@@H]1C[C@@H]2CN1C(=O)[C@H](C1CCCC1)CC(=O)O[C@@H]1CCC[C@H]1CC/C=C/C[n+]1c(nc3ccccn3c1=O)O2)C(=O)NS(=O)(=O)C1CC1. The Morgan fingerprint density at radius 1 is 1.00 bits per heavy atom. The fourth-order valence-electron chi connectivity index (χ4n) is 9.71. The number of carbonyl (C=O) groups excluding carboxylic acids is 4. The molecule has 1 saturated heterocycles. The van der Waals surface area contributed by atoms with Crippen LogP contribution in [-0.2, 0) is 40.5 Å². The quantitative estimate of drug-likeness (QED) is 0.237. The second-order valence-electron chi connectivity index (χ2n) is 16.8. The molecule has 8 rings (SSSR count). The van der Waals surface area contributed by atoms with Crippen molar-refractivity contribution in [3.05, 3.63) is 59.7 Å². The third-order valence-electron chi connectivity index (χ3n) is 13.2. The van der Waals surface area contributed by atoms with E-state index in [4.69, 9.17) is 14.5 Å². The van der Waals surface area contributed by atoms with Gasteiger partial charge in [-0.3, -0.25) is 23.9 Å². The molecule has 300 valence electrons. The molecule has 4 heterocycles. The maximum absolute atomic E-state index is 14.9. The van der Waals surface area contributed by atoms with Gasteiger partial charge >= 0.3 is 17.7 Å². The summed E-state index contributed by atoms with van der Waals surface area (Å²) in [6.07, 6.45) is 14.7. The Morgan fingerprint density at radius 2 is 1.79 bits per heavy atom. The topological polar surface area (TPSA) is 174 Å². The molecule has 5 fully saturated rings. The Bertz CT molecular complexity index is 2110. The molecule has 0 radical (unpaired) electrons. The van der Waals surface area contributed by atoms with Crippen molar-refractivity contribution in [2.45, 2.75) is 126 Å². The van der Waals surface area contributed by atoms with Gasteiger partial charge in [0.2, 0.25) is 21.8 Å². The van der Waals surface area contributed by atoms with E-state index < -0.39 is 62.3 Å². The van der Waals surface area contributed by atoms with Gasteiger partial charge in [-0.1, -0.05) is 37.1 Å². The molecule has 6 aliphatic rings. The number of carbonyl (C=O) groups is 4. The van der Waals surface area contributed by atoms with E-state index in [9.17, 15) is 32.4 Å². The van der Waals surface area contributed by atoms with Crippen molar-refractivity contribution >= 4 is 39.2 Å². The van der Waals surface area contributed by atoms with Gasteiger partial charge in [0.05, 0.1) is 48.3 Å². The van der Waals surface area contributed by atoms with Gasteiger partial charge in [-0.15, -0.1) is 6.58 Å². The highest BCUT2D eigenvalue weighted by Gasteiger charge is 2.61. The lowest BCUT2D eigenvalue weighted by Crippen LogP contribution is -2.54. The number of hydrogen-bond donors (Lipinski definition) is 1. The van der Waals surface area contributed by atoms with Gasteiger partial charge in [0.15, 0.2) is 5.78 Å². The zero-order valence-corrected chi connectivity index (χ0v) is 32.6. The zero-order valence-electron chi connectivity index (χ0n) is 31.8. The molecular formula is C41H52N5O9S+. The van der Waals surface area contributed by atoms with E-state index in [0.717, 1.165) is 57.8 Å². The number of amides is 2. The van der Waals surface area contributed by atoms with E-state index in [0.29, 0.717) is 18.5 Å². The predicted octanol–water partition coefficient (Wildman–Crippen LogP) is 3.35. The van der Waals surface area contributed by atoms with Crippen molar-refractivity contribution in [3.63, 3.8) is 0 Å². The molecule has 14 nitrogen and oxygen atoms in total. The summed E-state index contributed by atoms with van der Waals surface area (Å²) in [4.78, 5) is 76.9. The number of sulfonamides is 1. The summed E-state index contributed by atoms with van der Waals surface area (Å²) in [5, 5.41) is -0.617. The Hall–Kier alpha value is -4.40. The first-order valence-corrected chi connectivity index (χ1v) is 22.0. The summed E-state index contributed by atoms with van der Waals surface area (Å²) < 4.78 is 43.4. The average Bonchev–Trinajstić information content (AvgIpc) is 3.96. The van der Waals surface area contributed by atoms with Gasteiger partial charge in [-0.05, 0) is 93.0 Å². The summed E-state index contributed by atoms with van der Waals surface area (Å²) in [6, 6.07) is 4.24. The molecule has 2 bridgehead atoms. The summed E-state index contributed by atoms with van der Waals surface area (Å²) in [5.41, 5.74) is -1.29. The molecule has 0 spiro atoms. The number of nitrogens with one attached hydrogen (secondary N) is 1. The first-order valence-electron chi connectivity index (χ1n) is 20.4. The number of esters is 1. The monoisotopic (exact) mass is 790 g/mol. The van der Waals surface area contributed by atoms with Crippen LogP contribution in [0.1, 0.15) is 96.3 Å². The number of allylic oxidation sites excluding steroid dienone is 3. The van der Waals surface area contributed by atoms with E-state index in [-0.39, 0.29) is 74.3 Å². The van der Waals surface area contributed by atoms with Crippen LogP contribution in [0.3, 0.4) is 0 Å². The summed E-state index contributed by atoms with van der Waals surface area (Å²) in [5.74, 6) is -2.87. The number of hydrogen-bond acceptors (Lipinski definition) is 10. The van der Waals surface area contributed by atoms with Crippen LogP contribution in [0.5, 0.6) is 6.01 Å². The lowest BCUT2D eigenvalue weighted by Gasteiger charge is -2.31. The number of aromatic nitrogens is 3. The van der Waals surface area contributed by atoms with Crippen LogP contribution in [0.15, 0.2) is 54.0 Å². The number of ketones is 1. The van der Waals surface area contributed by atoms with Gasteiger partial charge in [-0.2, -0.15) is 8.97 Å². The first-order chi connectivity index (χ1) is 27.0. The highest BCUT2D eigenvalue weighted by molar-refractivity contribution is 7.90. The highest BCUT2D eigenvalue weighted by atomic mass is 32.2. The predicted molar refractivity (Wildman–Crippen MR) is 202 cm³/mol. The largest absolute Gasteiger partial charge is 0.462 e. The number of nitrogens with zero attached hydrogens (tertiary/aromatic N) is 4. The van der Waals surface area contributed by atoms with Crippen LogP contribution in [0.2, 0.25) is 0 Å². The van der Waals surface area contributed by atoms with E-state index in [1.807, 2.05) is 12.2 Å². The van der Waals surface area contributed by atoms with Crippen LogP contribution >= 0.6 is 0 Å². The Kier molecular flexibility index (Phi) is 10.7. The molecule has 56 heavy (non-hydrogen) atoms. The minimum atomic E-state index is -3.87. The summed E-state index contributed by atoms with van der Waals surface area (Å²) in [7, 11) is -3.87. The number of Topliss-reactive ketones (excluding diaryl/α,β-unsaturated/α-hetero) is 1. The molecule has 2 aromatic heterocycles. The van der Waals surface area contributed by atoms with Crippen molar-refractivity contribution in [2.75, 3.05) is 6.54 Å². The lowest BCUT2D eigenvalue weighted by atomic mass is 9.86. The number of pyridine rings is 1. The van der Waals surface area contributed by atoms with Crippen molar-refractivity contribution in [1.82, 2.24) is 19.0 Å². The van der Waals surface area contributed by atoms with Crippen molar-refractivity contribution in [3.8, 4) is 6.01 Å². The van der Waals surface area contributed by atoms with Crippen LogP contribution < -0.4 is 19.7 Å². The summed E-state index contributed by atoms with van der Waals surface area (Å²) in [6.45, 7) is 4.00. The number of rotatable bonds is 8. The maximum atomic E-state index is 14.9.